The Bertz CT molecular complexity index is 343. The number of hydrogen-bond donors (Lipinski definition) is 1. The number of halogens is 1. The van der Waals surface area contributed by atoms with Crippen molar-refractivity contribution in [3.63, 3.8) is 0 Å². The van der Waals surface area contributed by atoms with Crippen molar-refractivity contribution in [2.75, 3.05) is 11.9 Å². The Hall–Kier alpha value is -0.830. The predicted molar refractivity (Wildman–Crippen MR) is 66.9 cm³/mol. The lowest BCUT2D eigenvalue weighted by atomic mass is 9.89. The third kappa shape index (κ3) is 3.08. The van der Waals surface area contributed by atoms with E-state index >= 15 is 0 Å². The minimum absolute atomic E-state index is 0.319. The monoisotopic (exact) mass is 239 g/mol. The first-order chi connectivity index (χ1) is 7.75. The van der Waals surface area contributed by atoms with Crippen molar-refractivity contribution < 1.29 is 0 Å². The molecule has 0 radical (unpaired) electrons. The lowest BCUT2D eigenvalue weighted by molar-refractivity contribution is 0.380. The van der Waals surface area contributed by atoms with Gasteiger partial charge in [-0.3, -0.25) is 0 Å². The van der Waals surface area contributed by atoms with Gasteiger partial charge in [-0.2, -0.15) is 5.10 Å². The van der Waals surface area contributed by atoms with Crippen LogP contribution in [0.3, 0.4) is 0 Å². The molecule has 0 aliphatic heterocycles. The Morgan fingerprint density at radius 3 is 3.00 bits per heavy atom. The van der Waals surface area contributed by atoms with Gasteiger partial charge in [0, 0.05) is 11.9 Å². The van der Waals surface area contributed by atoms with E-state index < -0.39 is 0 Å². The molecule has 1 aromatic heterocycles. The molecule has 16 heavy (non-hydrogen) atoms. The van der Waals surface area contributed by atoms with Crippen molar-refractivity contribution >= 4 is 17.4 Å². The molecule has 0 amide bonds. The SMILES string of the molecule is Cc1cnnc(NCC2CCCCC2Cl)c1. The van der Waals surface area contributed by atoms with Gasteiger partial charge in [0.25, 0.3) is 0 Å². The van der Waals surface area contributed by atoms with Gasteiger partial charge in [-0.25, -0.2) is 0 Å². The van der Waals surface area contributed by atoms with Crippen molar-refractivity contribution in [1.29, 1.82) is 0 Å². The first-order valence-corrected chi connectivity index (χ1v) is 6.36. The van der Waals surface area contributed by atoms with E-state index in [0.29, 0.717) is 11.3 Å². The van der Waals surface area contributed by atoms with Crippen LogP contribution in [0.15, 0.2) is 12.3 Å². The summed E-state index contributed by atoms with van der Waals surface area (Å²) < 4.78 is 0. The molecule has 0 bridgehead atoms. The molecule has 88 valence electrons. The fraction of sp³-hybridized carbons (Fsp3) is 0.667. The van der Waals surface area contributed by atoms with Crippen LogP contribution in [-0.2, 0) is 0 Å². The van der Waals surface area contributed by atoms with Crippen LogP contribution in [0.2, 0.25) is 0 Å². The molecule has 1 heterocycles. The van der Waals surface area contributed by atoms with Gasteiger partial charge in [0.05, 0.1) is 6.20 Å². The third-order valence-electron chi connectivity index (χ3n) is 3.15. The zero-order chi connectivity index (χ0) is 11.4. The lowest BCUT2D eigenvalue weighted by Crippen LogP contribution is -2.27. The second-order valence-corrected chi connectivity index (χ2v) is 5.12. The van der Waals surface area contributed by atoms with E-state index in [2.05, 4.69) is 15.5 Å². The standard InChI is InChI=1S/C12H18ClN3/c1-9-6-12(16-15-7-9)14-8-10-4-2-3-5-11(10)13/h6-7,10-11H,2-5,8H2,1H3,(H,14,16). The number of nitrogens with one attached hydrogen (secondary N) is 1. The highest BCUT2D eigenvalue weighted by molar-refractivity contribution is 6.20. The van der Waals surface area contributed by atoms with Crippen LogP contribution >= 0.6 is 11.6 Å². The van der Waals surface area contributed by atoms with E-state index in [9.17, 15) is 0 Å². The van der Waals surface area contributed by atoms with Crippen molar-refractivity contribution in [1.82, 2.24) is 10.2 Å². The zero-order valence-electron chi connectivity index (χ0n) is 9.62. The number of rotatable bonds is 3. The Morgan fingerprint density at radius 2 is 2.25 bits per heavy atom. The second-order valence-electron chi connectivity index (χ2n) is 4.56. The van der Waals surface area contributed by atoms with Crippen LogP contribution in [0.1, 0.15) is 31.2 Å². The van der Waals surface area contributed by atoms with Gasteiger partial charge in [-0.05, 0) is 37.3 Å². The molecule has 2 atom stereocenters. The third-order valence-corrected chi connectivity index (χ3v) is 3.73. The minimum Gasteiger partial charge on any atom is -0.368 e. The highest BCUT2D eigenvalue weighted by Crippen LogP contribution is 2.28. The molecule has 3 nitrogen and oxygen atoms in total. The number of hydrogen-bond acceptors (Lipinski definition) is 3. The fourth-order valence-corrected chi connectivity index (χ4v) is 2.55. The van der Waals surface area contributed by atoms with Crippen LogP contribution in [0.25, 0.3) is 0 Å². The molecule has 0 aromatic carbocycles. The smallest absolute Gasteiger partial charge is 0.148 e. The summed E-state index contributed by atoms with van der Waals surface area (Å²) in [7, 11) is 0. The largest absolute Gasteiger partial charge is 0.368 e. The van der Waals surface area contributed by atoms with E-state index in [0.717, 1.165) is 24.3 Å². The Morgan fingerprint density at radius 1 is 1.44 bits per heavy atom. The van der Waals surface area contributed by atoms with E-state index in [1.807, 2.05) is 13.0 Å². The Kier molecular flexibility index (Phi) is 3.99. The highest BCUT2D eigenvalue weighted by Gasteiger charge is 2.22. The van der Waals surface area contributed by atoms with Crippen molar-refractivity contribution in [3.8, 4) is 0 Å². The van der Waals surface area contributed by atoms with Gasteiger partial charge >= 0.3 is 0 Å². The van der Waals surface area contributed by atoms with Crippen molar-refractivity contribution in [2.24, 2.45) is 5.92 Å². The van der Waals surface area contributed by atoms with Gasteiger partial charge < -0.3 is 5.32 Å². The quantitative estimate of drug-likeness (QED) is 0.824. The lowest BCUT2D eigenvalue weighted by Gasteiger charge is -2.27. The summed E-state index contributed by atoms with van der Waals surface area (Å²) in [5.74, 6) is 1.42. The van der Waals surface area contributed by atoms with Crippen LogP contribution in [-0.4, -0.2) is 22.1 Å². The fourth-order valence-electron chi connectivity index (χ4n) is 2.18. The molecular weight excluding hydrogens is 222 g/mol. The van der Waals surface area contributed by atoms with Crippen molar-refractivity contribution in [2.45, 2.75) is 38.0 Å². The first kappa shape index (κ1) is 11.6. The molecule has 1 aromatic rings. The van der Waals surface area contributed by atoms with E-state index in [-0.39, 0.29) is 0 Å². The van der Waals surface area contributed by atoms with Crippen molar-refractivity contribution in [3.05, 3.63) is 17.8 Å². The Labute approximate surface area is 102 Å². The number of aryl methyl sites for hydroxylation is 1. The van der Waals surface area contributed by atoms with Gasteiger partial charge in [0.15, 0.2) is 0 Å². The number of alkyl halides is 1. The molecule has 1 saturated carbocycles. The first-order valence-electron chi connectivity index (χ1n) is 5.93. The number of anilines is 1. The molecule has 1 aliphatic rings. The maximum Gasteiger partial charge on any atom is 0.148 e. The summed E-state index contributed by atoms with van der Waals surface area (Å²) in [4.78, 5) is 0. The van der Waals surface area contributed by atoms with E-state index in [4.69, 9.17) is 11.6 Å². The normalized spacial score (nSPS) is 25.4. The van der Waals surface area contributed by atoms with E-state index in [1.165, 1.54) is 19.3 Å². The highest BCUT2D eigenvalue weighted by atomic mass is 35.5. The molecule has 1 N–H and O–H groups in total. The number of aromatic nitrogens is 2. The summed E-state index contributed by atoms with van der Waals surface area (Å²) in [5, 5.41) is 11.6. The average molecular weight is 240 g/mol. The summed E-state index contributed by atoms with van der Waals surface area (Å²) in [6.07, 6.45) is 6.70. The van der Waals surface area contributed by atoms with Crippen LogP contribution in [0.4, 0.5) is 5.82 Å². The topological polar surface area (TPSA) is 37.8 Å². The molecule has 4 heteroatoms. The summed E-state index contributed by atoms with van der Waals surface area (Å²) in [6.45, 7) is 2.93. The summed E-state index contributed by atoms with van der Waals surface area (Å²) in [5.41, 5.74) is 1.13. The van der Waals surface area contributed by atoms with Gasteiger partial charge in [0.1, 0.15) is 5.82 Å². The average Bonchev–Trinajstić information content (AvgIpc) is 2.28. The number of nitrogens with zero attached hydrogens (tertiary/aromatic N) is 2. The van der Waals surface area contributed by atoms with Gasteiger partial charge in [-0.1, -0.05) is 12.8 Å². The molecule has 1 aliphatic carbocycles. The minimum atomic E-state index is 0.319. The van der Waals surface area contributed by atoms with Gasteiger partial charge in [-0.15, -0.1) is 16.7 Å². The predicted octanol–water partition coefficient (Wildman–Crippen LogP) is 2.99. The molecule has 2 rings (SSSR count). The molecule has 1 fully saturated rings. The molecule has 0 spiro atoms. The van der Waals surface area contributed by atoms with Crippen LogP contribution < -0.4 is 5.32 Å². The van der Waals surface area contributed by atoms with Crippen LogP contribution in [0.5, 0.6) is 0 Å². The molecule has 2 unspecified atom stereocenters. The Balaban J connectivity index is 1.86. The second kappa shape index (κ2) is 5.48. The maximum atomic E-state index is 6.30. The van der Waals surface area contributed by atoms with Gasteiger partial charge in [0.2, 0.25) is 0 Å². The zero-order valence-corrected chi connectivity index (χ0v) is 10.4. The summed E-state index contributed by atoms with van der Waals surface area (Å²) in [6, 6.07) is 2.01. The molecule has 0 saturated heterocycles. The maximum absolute atomic E-state index is 6.30. The molecular formula is C12H18ClN3. The van der Waals surface area contributed by atoms with E-state index in [1.54, 1.807) is 6.20 Å². The van der Waals surface area contributed by atoms with Crippen LogP contribution in [0, 0.1) is 12.8 Å². The summed E-state index contributed by atoms with van der Waals surface area (Å²) >= 11 is 6.30.